The Morgan fingerprint density at radius 1 is 2.00 bits per heavy atom. The molecule has 0 saturated carbocycles. The molecule has 0 amide bonds. The number of hydrogen-bond acceptors (Lipinski definition) is 0. The molecule has 0 aromatic carbocycles. The molecule has 0 heterocycles. The Bertz CT molecular complexity index is 44.9. The van der Waals surface area contributed by atoms with Gasteiger partial charge in [0.15, 0.2) is 0 Å². The van der Waals surface area contributed by atoms with Crippen LogP contribution in [0.2, 0.25) is 0 Å². The molecule has 0 spiro atoms. The molecule has 0 aromatic heterocycles. The van der Waals surface area contributed by atoms with Crippen LogP contribution in [0.25, 0.3) is 0 Å². The summed E-state index contributed by atoms with van der Waals surface area (Å²) in [4.78, 5) is 0. The molecule has 0 N–H and O–H groups in total. The van der Waals surface area contributed by atoms with Crippen molar-refractivity contribution in [3.05, 3.63) is 9.91 Å². The first-order valence-corrected chi connectivity index (χ1v) is 2.27. The van der Waals surface area contributed by atoms with Gasteiger partial charge < -0.3 is 0 Å². The molecule has 0 unspecified atom stereocenters. The monoisotopic (exact) mass is 186 g/mol. The number of allylic oxidation sites excluding steroid dienone is 1. The van der Waals surface area contributed by atoms with Gasteiger partial charge in [-0.3, -0.25) is 0 Å². The molecule has 0 aromatic rings. The van der Waals surface area contributed by atoms with Gasteiger partial charge in [0, 0.05) is 3.58 Å². The van der Waals surface area contributed by atoms with Crippen LogP contribution in [0.4, 0.5) is 4.39 Å². The lowest BCUT2D eigenvalue weighted by atomic mass is 10.8. The number of hydrogen-bond donors (Lipinski definition) is 0. The van der Waals surface area contributed by atoms with Gasteiger partial charge >= 0.3 is 0 Å². The maximum Gasteiger partial charge on any atom is 0.0956 e. The van der Waals surface area contributed by atoms with Gasteiger partial charge in [0.25, 0.3) is 0 Å². The Labute approximate surface area is 44.2 Å². The van der Waals surface area contributed by atoms with E-state index in [1.165, 1.54) is 0 Å². The fourth-order valence-electron chi connectivity index (χ4n) is 0. The Hall–Kier alpha value is 0.400. The van der Waals surface area contributed by atoms with Crippen molar-refractivity contribution in [2.45, 2.75) is 6.92 Å². The van der Waals surface area contributed by atoms with Crippen LogP contribution in [0.1, 0.15) is 6.92 Å². The second kappa shape index (κ2) is 2.63. The van der Waals surface area contributed by atoms with Crippen molar-refractivity contribution < 1.29 is 4.39 Å². The highest BCUT2D eigenvalue weighted by atomic mass is 127. The van der Waals surface area contributed by atoms with Crippen LogP contribution in [0.15, 0.2) is 9.91 Å². The van der Waals surface area contributed by atoms with Crippen LogP contribution in [0.3, 0.4) is 0 Å². The van der Waals surface area contributed by atoms with Gasteiger partial charge in [0.2, 0.25) is 0 Å². The smallest absolute Gasteiger partial charge is 0.0956 e. The van der Waals surface area contributed by atoms with Gasteiger partial charge in [0.1, 0.15) is 0 Å². The summed E-state index contributed by atoms with van der Waals surface area (Å²) in [5.41, 5.74) is 0. The zero-order chi connectivity index (χ0) is 4.28. The van der Waals surface area contributed by atoms with Crippen molar-refractivity contribution in [3.8, 4) is 0 Å². The molecule has 0 rings (SSSR count). The largest absolute Gasteiger partial charge is 0.215 e. The molecule has 0 aliphatic rings. The molecule has 0 atom stereocenters. The van der Waals surface area contributed by atoms with Crippen molar-refractivity contribution in [1.82, 2.24) is 0 Å². The lowest BCUT2D eigenvalue weighted by Gasteiger charge is -1.67. The molecule has 0 saturated heterocycles. The summed E-state index contributed by atoms with van der Waals surface area (Å²) in [6, 6.07) is 0. The molecule has 0 fully saturated rings. The number of rotatable bonds is 0. The van der Waals surface area contributed by atoms with Gasteiger partial charge in [-0.25, -0.2) is 4.39 Å². The summed E-state index contributed by atoms with van der Waals surface area (Å²) >= 11 is 1.89. The van der Waals surface area contributed by atoms with E-state index < -0.39 is 0 Å². The van der Waals surface area contributed by atoms with Crippen LogP contribution in [0, 0.1) is 0 Å². The van der Waals surface area contributed by atoms with Crippen molar-refractivity contribution in [1.29, 1.82) is 0 Å². The predicted molar refractivity (Wildman–Crippen MR) is 28.9 cm³/mol. The Balaban J connectivity index is 3.14. The van der Waals surface area contributed by atoms with Gasteiger partial charge in [-0.1, -0.05) is 0 Å². The lowest BCUT2D eigenvalue weighted by molar-refractivity contribution is 0.718. The van der Waals surface area contributed by atoms with Crippen LogP contribution in [-0.4, -0.2) is 0 Å². The summed E-state index contributed by atoms with van der Waals surface area (Å²) < 4.78 is 11.6. The standard InChI is InChI=1S/C3H4FI/c1-3(5)2-4/h2H,1H3. The van der Waals surface area contributed by atoms with E-state index in [2.05, 4.69) is 0 Å². The zero-order valence-corrected chi connectivity index (χ0v) is 4.99. The quantitative estimate of drug-likeness (QED) is 0.509. The summed E-state index contributed by atoms with van der Waals surface area (Å²) in [7, 11) is 0. The first kappa shape index (κ1) is 5.40. The molecule has 0 bridgehead atoms. The van der Waals surface area contributed by atoms with Crippen LogP contribution < -0.4 is 0 Å². The average molecular weight is 186 g/mol. The predicted octanol–water partition coefficient (Wildman–Crippen LogP) is 2.25. The maximum absolute atomic E-state index is 10.9. The highest BCUT2D eigenvalue weighted by molar-refractivity contribution is 14.1. The van der Waals surface area contributed by atoms with E-state index in [1.54, 1.807) is 6.92 Å². The van der Waals surface area contributed by atoms with Crippen molar-refractivity contribution >= 4 is 22.6 Å². The van der Waals surface area contributed by atoms with Gasteiger partial charge in [-0.15, -0.1) is 0 Å². The summed E-state index contributed by atoms with van der Waals surface area (Å²) in [5.74, 6) is 0. The molecule has 0 aliphatic carbocycles. The second-order valence-electron chi connectivity index (χ2n) is 0.696. The zero-order valence-electron chi connectivity index (χ0n) is 2.83. The molecule has 30 valence electrons. The number of halogens is 2. The fraction of sp³-hybridized carbons (Fsp3) is 0.333. The Morgan fingerprint density at radius 2 is 2.20 bits per heavy atom. The maximum atomic E-state index is 10.9. The molecule has 0 nitrogen and oxygen atoms in total. The first-order valence-electron chi connectivity index (χ1n) is 1.20. The summed E-state index contributed by atoms with van der Waals surface area (Å²) in [6.45, 7) is 1.69. The van der Waals surface area contributed by atoms with E-state index in [0.717, 1.165) is 0 Å². The minimum absolute atomic E-state index is 0.570. The second-order valence-corrected chi connectivity index (χ2v) is 2.40. The summed E-state index contributed by atoms with van der Waals surface area (Å²) in [6.07, 6.45) is 0.570. The van der Waals surface area contributed by atoms with Gasteiger partial charge in [-0.2, -0.15) is 0 Å². The van der Waals surface area contributed by atoms with Gasteiger partial charge in [0.05, 0.1) is 6.33 Å². The van der Waals surface area contributed by atoms with Crippen LogP contribution in [0.5, 0.6) is 0 Å². The Morgan fingerprint density at radius 3 is 2.20 bits per heavy atom. The third kappa shape index (κ3) is 4.40. The fourth-order valence-corrected chi connectivity index (χ4v) is 0. The molecular weight excluding hydrogens is 182 g/mol. The van der Waals surface area contributed by atoms with Crippen LogP contribution >= 0.6 is 22.6 Å². The van der Waals surface area contributed by atoms with E-state index in [9.17, 15) is 4.39 Å². The highest BCUT2D eigenvalue weighted by Crippen LogP contribution is 2.00. The first-order chi connectivity index (χ1) is 2.27. The SMILES string of the molecule is CC(I)=CF. The average Bonchev–Trinajstić information content (AvgIpc) is 1.38. The van der Waals surface area contributed by atoms with Crippen molar-refractivity contribution in [2.24, 2.45) is 0 Å². The van der Waals surface area contributed by atoms with Crippen molar-refractivity contribution in [3.63, 3.8) is 0 Å². The topological polar surface area (TPSA) is 0 Å². The summed E-state index contributed by atoms with van der Waals surface area (Å²) in [5, 5.41) is 0. The van der Waals surface area contributed by atoms with E-state index in [1.807, 2.05) is 22.6 Å². The normalized spacial score (nSPS) is 12.2. The van der Waals surface area contributed by atoms with Crippen molar-refractivity contribution in [2.75, 3.05) is 0 Å². The molecule has 0 aliphatic heterocycles. The van der Waals surface area contributed by atoms with Gasteiger partial charge in [-0.05, 0) is 29.5 Å². The van der Waals surface area contributed by atoms with Crippen LogP contribution in [-0.2, 0) is 0 Å². The van der Waals surface area contributed by atoms with E-state index in [4.69, 9.17) is 0 Å². The third-order valence-electron chi connectivity index (χ3n) is 0.150. The molecule has 2 heteroatoms. The molecular formula is C3H4FI. The minimum Gasteiger partial charge on any atom is -0.215 e. The van der Waals surface area contributed by atoms with E-state index in [-0.39, 0.29) is 0 Å². The third-order valence-corrected chi connectivity index (χ3v) is 0.386. The Kier molecular flexibility index (Phi) is 2.84. The van der Waals surface area contributed by atoms with E-state index >= 15 is 0 Å². The molecule has 0 radical (unpaired) electrons. The lowest BCUT2D eigenvalue weighted by Crippen LogP contribution is -1.41. The minimum atomic E-state index is 0.570. The van der Waals surface area contributed by atoms with E-state index in [0.29, 0.717) is 9.91 Å². The molecule has 5 heavy (non-hydrogen) atoms. The highest BCUT2D eigenvalue weighted by Gasteiger charge is 1.67.